The molecule has 3 aromatic rings. The minimum Gasteiger partial charge on any atom is -0.496 e. The van der Waals surface area contributed by atoms with E-state index >= 15 is 0 Å². The maximum atomic E-state index is 11.1. The van der Waals surface area contributed by atoms with Crippen molar-refractivity contribution in [2.24, 2.45) is 0 Å². The number of ether oxygens (including phenoxy) is 2. The molecule has 30 heavy (non-hydrogen) atoms. The lowest BCUT2D eigenvalue weighted by Crippen LogP contribution is -2.15. The number of hydrogen-bond donors (Lipinski definition) is 1. The highest BCUT2D eigenvalue weighted by Gasteiger charge is 2.31. The largest absolute Gasteiger partial charge is 0.496 e. The first kappa shape index (κ1) is 20.5. The van der Waals surface area contributed by atoms with E-state index in [1.807, 2.05) is 72.8 Å². The number of fused-ring (bicyclic) bond motifs is 1. The van der Waals surface area contributed by atoms with Crippen LogP contribution in [0.4, 0.5) is 0 Å². The van der Waals surface area contributed by atoms with E-state index in [0.717, 1.165) is 39.3 Å². The summed E-state index contributed by atoms with van der Waals surface area (Å²) in [6, 6.07) is 23.2. The average molecular weight is 437 g/mol. The predicted molar refractivity (Wildman–Crippen MR) is 124 cm³/mol. The lowest BCUT2D eigenvalue weighted by molar-refractivity contribution is 0.413. The highest BCUT2D eigenvalue weighted by atomic mass is 32.2. The lowest BCUT2D eigenvalue weighted by Gasteiger charge is -2.30. The fourth-order valence-electron chi connectivity index (χ4n) is 3.70. The topological polar surface area (TPSA) is 55.8 Å². The van der Waals surface area contributed by atoms with Gasteiger partial charge in [0.1, 0.15) is 17.3 Å². The third kappa shape index (κ3) is 3.94. The van der Waals surface area contributed by atoms with Crippen molar-refractivity contribution in [1.82, 2.24) is 0 Å². The number of hydrogen-bond acceptors (Lipinski definition) is 4. The van der Waals surface area contributed by atoms with Crippen molar-refractivity contribution in [3.8, 4) is 11.5 Å². The van der Waals surface area contributed by atoms with Crippen molar-refractivity contribution in [2.75, 3.05) is 7.11 Å². The van der Waals surface area contributed by atoms with E-state index in [0.29, 0.717) is 5.76 Å². The summed E-state index contributed by atoms with van der Waals surface area (Å²) in [5.41, 5.74) is 4.49. The standard InChI is InChI=1S/C24H20O4S2/c1-27-21-8-4-3-7-19(21)23-20(14-29)18-6-2-5-9-22(18)28-24(23)17-12-10-16(11-13-17)15-30(25)26/h2-14,20H,15H2,1H3,(H,25,26). The molecule has 0 aromatic heterocycles. The van der Waals surface area contributed by atoms with Gasteiger partial charge in [-0.2, -0.15) is 0 Å². The summed E-state index contributed by atoms with van der Waals surface area (Å²) in [5, 5.41) is 1.76. The molecule has 2 unspecified atom stereocenters. The van der Waals surface area contributed by atoms with Gasteiger partial charge in [-0.1, -0.05) is 72.9 Å². The summed E-state index contributed by atoms with van der Waals surface area (Å²) in [5.74, 6) is 2.13. The van der Waals surface area contributed by atoms with Gasteiger partial charge in [-0.25, -0.2) is 4.21 Å². The third-order valence-electron chi connectivity index (χ3n) is 5.06. The van der Waals surface area contributed by atoms with E-state index in [9.17, 15) is 4.21 Å². The van der Waals surface area contributed by atoms with Crippen LogP contribution < -0.4 is 9.47 Å². The second-order valence-electron chi connectivity index (χ2n) is 6.86. The summed E-state index contributed by atoms with van der Waals surface area (Å²) >= 11 is 3.57. The van der Waals surface area contributed by atoms with Crippen LogP contribution in [0.2, 0.25) is 0 Å². The predicted octanol–water partition coefficient (Wildman–Crippen LogP) is 5.46. The number of thiocarbonyl (C=S) groups is 1. The number of para-hydroxylation sites is 2. The van der Waals surface area contributed by atoms with Gasteiger partial charge in [0, 0.05) is 28.2 Å². The summed E-state index contributed by atoms with van der Waals surface area (Å²) in [6.45, 7) is 0. The van der Waals surface area contributed by atoms with Crippen LogP contribution >= 0.6 is 12.2 Å². The molecule has 1 aliphatic heterocycles. The maximum Gasteiger partial charge on any atom is 0.157 e. The first-order valence-corrected chi connectivity index (χ1v) is 11.1. The fourth-order valence-corrected chi connectivity index (χ4v) is 4.46. The first-order chi connectivity index (χ1) is 14.6. The molecule has 6 heteroatoms. The van der Waals surface area contributed by atoms with Crippen molar-refractivity contribution in [3.05, 3.63) is 95.1 Å². The number of allylic oxidation sites excluding steroid dienone is 1. The average Bonchev–Trinajstić information content (AvgIpc) is 2.78. The molecule has 152 valence electrons. The Morgan fingerprint density at radius 2 is 1.77 bits per heavy atom. The monoisotopic (exact) mass is 436 g/mol. The summed E-state index contributed by atoms with van der Waals surface area (Å²) in [7, 11) is 1.65. The minimum absolute atomic E-state index is 0.0882. The highest BCUT2D eigenvalue weighted by Crippen LogP contribution is 2.47. The third-order valence-corrected chi connectivity index (χ3v) is 5.91. The Labute approximate surface area is 183 Å². The van der Waals surface area contributed by atoms with Crippen LogP contribution in [0.25, 0.3) is 11.3 Å². The second kappa shape index (κ2) is 8.92. The van der Waals surface area contributed by atoms with E-state index in [2.05, 4.69) is 0 Å². The normalized spacial score (nSPS) is 16.4. The smallest absolute Gasteiger partial charge is 0.157 e. The maximum absolute atomic E-state index is 11.1. The first-order valence-electron chi connectivity index (χ1n) is 9.38. The molecule has 0 aliphatic carbocycles. The molecule has 1 N–H and O–H groups in total. The molecule has 1 aliphatic rings. The Hall–Kier alpha value is -2.80. The SMILES string of the molecule is COc1ccccc1C1=C(c2ccc(CS(=O)O)cc2)Oc2ccccc2C1C=S. The lowest BCUT2D eigenvalue weighted by atomic mass is 9.83. The van der Waals surface area contributed by atoms with E-state index < -0.39 is 11.1 Å². The van der Waals surface area contributed by atoms with Gasteiger partial charge < -0.3 is 14.0 Å². The van der Waals surface area contributed by atoms with E-state index in [1.165, 1.54) is 0 Å². The number of methoxy groups -OCH3 is 1. The highest BCUT2D eigenvalue weighted by molar-refractivity contribution is 7.79. The van der Waals surface area contributed by atoms with Crippen molar-refractivity contribution >= 4 is 40.0 Å². The molecule has 0 saturated heterocycles. The molecule has 0 amide bonds. The van der Waals surface area contributed by atoms with Crippen LogP contribution in [0.3, 0.4) is 0 Å². The summed E-state index contributed by atoms with van der Waals surface area (Å²) in [4.78, 5) is 0. The van der Waals surface area contributed by atoms with Crippen molar-refractivity contribution in [3.63, 3.8) is 0 Å². The van der Waals surface area contributed by atoms with Crippen LogP contribution in [-0.2, 0) is 16.8 Å². The molecule has 3 aromatic carbocycles. The van der Waals surface area contributed by atoms with Gasteiger partial charge in [-0.05, 0) is 23.1 Å². The Kier molecular flexibility index (Phi) is 6.08. The van der Waals surface area contributed by atoms with E-state index in [-0.39, 0.29) is 11.7 Å². The molecule has 0 bridgehead atoms. The van der Waals surface area contributed by atoms with Crippen LogP contribution in [0, 0.1) is 0 Å². The Morgan fingerprint density at radius 3 is 2.47 bits per heavy atom. The van der Waals surface area contributed by atoms with E-state index in [1.54, 1.807) is 12.5 Å². The molecule has 2 atom stereocenters. The van der Waals surface area contributed by atoms with Crippen molar-refractivity contribution in [2.45, 2.75) is 11.7 Å². The zero-order chi connectivity index (χ0) is 21.1. The molecule has 0 saturated carbocycles. The van der Waals surface area contributed by atoms with Gasteiger partial charge in [0.25, 0.3) is 0 Å². The van der Waals surface area contributed by atoms with Crippen molar-refractivity contribution < 1.29 is 18.2 Å². The molecule has 0 radical (unpaired) electrons. The Morgan fingerprint density at radius 1 is 1.07 bits per heavy atom. The van der Waals surface area contributed by atoms with Gasteiger partial charge in [-0.15, -0.1) is 0 Å². The molecule has 4 rings (SSSR count). The second-order valence-corrected chi connectivity index (χ2v) is 8.06. The van der Waals surface area contributed by atoms with Crippen molar-refractivity contribution in [1.29, 1.82) is 0 Å². The van der Waals surface area contributed by atoms with Crippen LogP contribution in [0.5, 0.6) is 11.5 Å². The zero-order valence-corrected chi connectivity index (χ0v) is 17.9. The van der Waals surface area contributed by atoms with Gasteiger partial charge in [0.2, 0.25) is 0 Å². The number of benzene rings is 3. The van der Waals surface area contributed by atoms with Crippen LogP contribution in [-0.4, -0.2) is 21.2 Å². The van der Waals surface area contributed by atoms with Gasteiger partial charge in [-0.3, -0.25) is 0 Å². The Balaban J connectivity index is 1.93. The quantitative estimate of drug-likeness (QED) is 0.411. The molecule has 1 heterocycles. The molecule has 4 nitrogen and oxygen atoms in total. The number of rotatable bonds is 6. The molecular weight excluding hydrogens is 416 g/mol. The summed E-state index contributed by atoms with van der Waals surface area (Å²) in [6.07, 6.45) is 0. The molecular formula is C24H20O4S2. The molecule has 0 spiro atoms. The fraction of sp³-hybridized carbons (Fsp3) is 0.125. The van der Waals surface area contributed by atoms with Gasteiger partial charge in [0.15, 0.2) is 11.1 Å². The Bertz CT molecular complexity index is 1140. The zero-order valence-electron chi connectivity index (χ0n) is 16.3. The van der Waals surface area contributed by atoms with E-state index in [4.69, 9.17) is 26.2 Å². The summed E-state index contributed by atoms with van der Waals surface area (Å²) < 4.78 is 32.3. The van der Waals surface area contributed by atoms with Crippen LogP contribution in [0.1, 0.15) is 28.2 Å². The van der Waals surface area contributed by atoms with Crippen LogP contribution in [0.15, 0.2) is 72.8 Å². The van der Waals surface area contributed by atoms with Gasteiger partial charge in [0.05, 0.1) is 12.9 Å². The molecule has 0 fully saturated rings. The minimum atomic E-state index is -1.88. The van der Waals surface area contributed by atoms with Gasteiger partial charge >= 0.3 is 0 Å².